The van der Waals surface area contributed by atoms with E-state index >= 15 is 0 Å². The number of amides is 3. The van der Waals surface area contributed by atoms with Crippen molar-refractivity contribution in [2.75, 3.05) is 31.2 Å². The third-order valence-corrected chi connectivity index (χ3v) is 5.57. The van der Waals surface area contributed by atoms with Gasteiger partial charge in [0, 0.05) is 44.6 Å². The topological polar surface area (TPSA) is 98.8 Å². The van der Waals surface area contributed by atoms with Crippen LogP contribution in [0.5, 0.6) is 0 Å². The Morgan fingerprint density at radius 2 is 1.81 bits per heavy atom. The molecule has 1 heterocycles. The SMILES string of the molecule is CN(C)C(=O)c1ccc(S(=O)(=O)Nc2ccc3c(c2)CN(C)C(=O)N3)cc1. The number of anilines is 2. The molecule has 0 bridgehead atoms. The molecule has 2 aromatic carbocycles. The first kappa shape index (κ1) is 18.7. The summed E-state index contributed by atoms with van der Waals surface area (Å²) in [5.41, 5.74) is 2.27. The molecule has 2 aromatic rings. The number of fused-ring (bicyclic) bond motifs is 1. The Bertz CT molecular complexity index is 1000. The lowest BCUT2D eigenvalue weighted by Crippen LogP contribution is -2.35. The molecule has 0 spiro atoms. The summed E-state index contributed by atoms with van der Waals surface area (Å²) in [5.74, 6) is -0.201. The molecular formula is C18H20N4O4S. The Morgan fingerprint density at radius 1 is 1.15 bits per heavy atom. The third-order valence-electron chi connectivity index (χ3n) is 4.17. The monoisotopic (exact) mass is 388 g/mol. The molecule has 1 aliphatic rings. The summed E-state index contributed by atoms with van der Waals surface area (Å²) in [5, 5.41) is 2.73. The highest BCUT2D eigenvalue weighted by molar-refractivity contribution is 7.92. The molecule has 8 nitrogen and oxygen atoms in total. The molecule has 3 rings (SSSR count). The summed E-state index contributed by atoms with van der Waals surface area (Å²) < 4.78 is 27.8. The Morgan fingerprint density at radius 3 is 2.44 bits per heavy atom. The van der Waals surface area contributed by atoms with Gasteiger partial charge in [-0.3, -0.25) is 9.52 Å². The number of nitrogens with zero attached hydrogens (tertiary/aromatic N) is 2. The minimum Gasteiger partial charge on any atom is -0.345 e. The average molecular weight is 388 g/mol. The quantitative estimate of drug-likeness (QED) is 0.838. The van der Waals surface area contributed by atoms with Crippen molar-refractivity contribution in [2.24, 2.45) is 0 Å². The summed E-state index contributed by atoms with van der Waals surface area (Å²) in [6, 6.07) is 10.5. The lowest BCUT2D eigenvalue weighted by atomic mass is 10.1. The summed E-state index contributed by atoms with van der Waals surface area (Å²) in [4.78, 5) is 26.5. The number of benzene rings is 2. The molecule has 9 heteroatoms. The van der Waals surface area contributed by atoms with Crippen LogP contribution < -0.4 is 10.0 Å². The Hall–Kier alpha value is -3.07. The molecule has 1 aliphatic heterocycles. The van der Waals surface area contributed by atoms with Crippen LogP contribution in [0.3, 0.4) is 0 Å². The van der Waals surface area contributed by atoms with Crippen LogP contribution in [0, 0.1) is 0 Å². The second-order valence-corrected chi connectivity index (χ2v) is 8.17. The van der Waals surface area contributed by atoms with E-state index in [1.165, 1.54) is 34.1 Å². The van der Waals surface area contributed by atoms with Gasteiger partial charge in [-0.1, -0.05) is 0 Å². The largest absolute Gasteiger partial charge is 0.345 e. The molecule has 0 aromatic heterocycles. The number of sulfonamides is 1. The molecule has 3 amide bonds. The van der Waals surface area contributed by atoms with Crippen molar-refractivity contribution in [3.63, 3.8) is 0 Å². The van der Waals surface area contributed by atoms with Crippen molar-refractivity contribution >= 4 is 33.3 Å². The molecule has 0 radical (unpaired) electrons. The highest BCUT2D eigenvalue weighted by Crippen LogP contribution is 2.27. The van der Waals surface area contributed by atoms with Gasteiger partial charge in [-0.05, 0) is 48.0 Å². The number of urea groups is 1. The smallest absolute Gasteiger partial charge is 0.321 e. The predicted molar refractivity (Wildman–Crippen MR) is 102 cm³/mol. The molecular weight excluding hydrogens is 368 g/mol. The van der Waals surface area contributed by atoms with E-state index in [0.717, 1.165) is 5.56 Å². The zero-order chi connectivity index (χ0) is 19.8. The number of carbonyl (C=O) groups is 2. The average Bonchev–Trinajstić information content (AvgIpc) is 2.62. The van der Waals surface area contributed by atoms with Gasteiger partial charge in [0.15, 0.2) is 0 Å². The lowest BCUT2D eigenvalue weighted by molar-refractivity contribution is 0.0827. The third kappa shape index (κ3) is 3.87. The van der Waals surface area contributed by atoms with Crippen molar-refractivity contribution in [1.82, 2.24) is 9.80 Å². The van der Waals surface area contributed by atoms with Gasteiger partial charge in [0.25, 0.3) is 15.9 Å². The first-order valence-electron chi connectivity index (χ1n) is 8.17. The molecule has 0 saturated heterocycles. The van der Waals surface area contributed by atoms with Gasteiger partial charge in [-0.2, -0.15) is 0 Å². The molecule has 0 saturated carbocycles. The molecule has 142 valence electrons. The van der Waals surface area contributed by atoms with Crippen LogP contribution in [-0.2, 0) is 16.6 Å². The van der Waals surface area contributed by atoms with Crippen LogP contribution >= 0.6 is 0 Å². The van der Waals surface area contributed by atoms with Gasteiger partial charge < -0.3 is 15.1 Å². The standard InChI is InChI=1S/C18H20N4O4S/c1-21(2)17(23)12-4-7-15(8-5-12)27(25,26)20-14-6-9-16-13(10-14)11-22(3)18(24)19-16/h4-10,20H,11H2,1-3H3,(H,19,24). The Kier molecular flexibility index (Phi) is 4.79. The van der Waals surface area contributed by atoms with E-state index in [-0.39, 0.29) is 16.8 Å². The molecule has 27 heavy (non-hydrogen) atoms. The minimum absolute atomic E-state index is 0.0564. The number of rotatable bonds is 4. The maximum atomic E-state index is 12.6. The number of carbonyl (C=O) groups excluding carboxylic acids is 2. The molecule has 2 N–H and O–H groups in total. The van der Waals surface area contributed by atoms with E-state index in [1.807, 2.05) is 0 Å². The fourth-order valence-corrected chi connectivity index (χ4v) is 3.75. The highest BCUT2D eigenvalue weighted by Gasteiger charge is 2.21. The molecule has 0 unspecified atom stereocenters. The van der Waals surface area contributed by atoms with Gasteiger partial charge in [0.2, 0.25) is 0 Å². The minimum atomic E-state index is -3.80. The van der Waals surface area contributed by atoms with Gasteiger partial charge in [-0.25, -0.2) is 13.2 Å². The van der Waals surface area contributed by atoms with E-state index < -0.39 is 10.0 Å². The summed E-state index contributed by atoms with van der Waals surface area (Å²) in [6.07, 6.45) is 0. The second kappa shape index (κ2) is 6.92. The lowest BCUT2D eigenvalue weighted by Gasteiger charge is -2.26. The maximum absolute atomic E-state index is 12.6. The number of nitrogens with one attached hydrogen (secondary N) is 2. The van der Waals surface area contributed by atoms with E-state index in [0.29, 0.717) is 23.5 Å². The molecule has 0 aliphatic carbocycles. The van der Waals surface area contributed by atoms with Crippen molar-refractivity contribution in [2.45, 2.75) is 11.4 Å². The van der Waals surface area contributed by atoms with Crippen molar-refractivity contribution in [3.05, 3.63) is 53.6 Å². The van der Waals surface area contributed by atoms with Crippen molar-refractivity contribution in [3.8, 4) is 0 Å². The number of hydrogen-bond acceptors (Lipinski definition) is 4. The summed E-state index contributed by atoms with van der Waals surface area (Å²) in [7, 11) is 1.11. The van der Waals surface area contributed by atoms with Crippen LogP contribution in [0.2, 0.25) is 0 Å². The fraction of sp³-hybridized carbons (Fsp3) is 0.222. The van der Waals surface area contributed by atoms with Gasteiger partial charge in [-0.15, -0.1) is 0 Å². The van der Waals surface area contributed by atoms with Crippen LogP contribution in [0.1, 0.15) is 15.9 Å². The van der Waals surface area contributed by atoms with Crippen LogP contribution in [0.4, 0.5) is 16.2 Å². The maximum Gasteiger partial charge on any atom is 0.321 e. The number of hydrogen-bond donors (Lipinski definition) is 2. The van der Waals surface area contributed by atoms with E-state index in [1.54, 1.807) is 39.3 Å². The van der Waals surface area contributed by atoms with Crippen molar-refractivity contribution in [1.29, 1.82) is 0 Å². The summed E-state index contributed by atoms with van der Waals surface area (Å²) in [6.45, 7) is 0.387. The van der Waals surface area contributed by atoms with Crippen LogP contribution in [0.15, 0.2) is 47.4 Å². The van der Waals surface area contributed by atoms with Crippen LogP contribution in [0.25, 0.3) is 0 Å². The zero-order valence-corrected chi connectivity index (χ0v) is 16.0. The predicted octanol–water partition coefficient (Wildman–Crippen LogP) is 2.17. The first-order valence-corrected chi connectivity index (χ1v) is 9.65. The van der Waals surface area contributed by atoms with E-state index in [4.69, 9.17) is 0 Å². The molecule has 0 fully saturated rings. The zero-order valence-electron chi connectivity index (χ0n) is 15.2. The molecule has 0 atom stereocenters. The van der Waals surface area contributed by atoms with Crippen molar-refractivity contribution < 1.29 is 18.0 Å². The fourth-order valence-electron chi connectivity index (χ4n) is 2.70. The van der Waals surface area contributed by atoms with Crippen LogP contribution in [-0.4, -0.2) is 51.3 Å². The Labute approximate surface area is 157 Å². The summed E-state index contributed by atoms with van der Waals surface area (Å²) >= 11 is 0. The second-order valence-electron chi connectivity index (χ2n) is 6.49. The highest BCUT2D eigenvalue weighted by atomic mass is 32.2. The Balaban J connectivity index is 1.82. The van der Waals surface area contributed by atoms with Gasteiger partial charge in [0.1, 0.15) is 0 Å². The van der Waals surface area contributed by atoms with Gasteiger partial charge >= 0.3 is 6.03 Å². The van der Waals surface area contributed by atoms with E-state index in [9.17, 15) is 18.0 Å². The normalized spacial score (nSPS) is 13.6. The van der Waals surface area contributed by atoms with Gasteiger partial charge in [0.05, 0.1) is 4.90 Å². The first-order chi connectivity index (χ1) is 12.7. The van der Waals surface area contributed by atoms with E-state index in [2.05, 4.69) is 10.0 Å².